The van der Waals surface area contributed by atoms with Crippen LogP contribution >= 0.6 is 35.0 Å². The van der Waals surface area contributed by atoms with E-state index in [1.165, 1.54) is 10.6 Å². The van der Waals surface area contributed by atoms with Crippen LogP contribution in [-0.4, -0.2) is 26.2 Å². The lowest BCUT2D eigenvalue weighted by Crippen LogP contribution is -2.43. The van der Waals surface area contributed by atoms with Crippen molar-refractivity contribution in [1.29, 1.82) is 0 Å². The van der Waals surface area contributed by atoms with Gasteiger partial charge in [0.1, 0.15) is 0 Å². The Morgan fingerprint density at radius 3 is 2.48 bits per heavy atom. The molecule has 1 aliphatic rings. The van der Waals surface area contributed by atoms with Crippen molar-refractivity contribution in [1.82, 2.24) is 5.32 Å². The molecule has 5 heteroatoms. The van der Waals surface area contributed by atoms with E-state index in [2.05, 4.69) is 34.5 Å². The second-order valence-electron chi connectivity index (χ2n) is 4.88. The van der Waals surface area contributed by atoms with Crippen LogP contribution in [0, 0.1) is 0 Å². The average Bonchev–Trinajstić information content (AvgIpc) is 2.52. The van der Waals surface area contributed by atoms with E-state index in [9.17, 15) is 0 Å². The standard InChI is InChI=1S/C16H16Cl2N2S/c17-13-6-5-12(11-14(13)18)21-16-4-2-1-3-15(16)20-9-7-19-8-10-20/h1-6,11,19H,7-10H2. The highest BCUT2D eigenvalue weighted by molar-refractivity contribution is 7.99. The zero-order valence-corrected chi connectivity index (χ0v) is 13.8. The summed E-state index contributed by atoms with van der Waals surface area (Å²) in [6.07, 6.45) is 0. The minimum atomic E-state index is 0.594. The van der Waals surface area contributed by atoms with Crippen LogP contribution in [0.5, 0.6) is 0 Å². The average molecular weight is 339 g/mol. The Hall–Kier alpha value is -0.870. The van der Waals surface area contributed by atoms with Gasteiger partial charge >= 0.3 is 0 Å². The monoisotopic (exact) mass is 338 g/mol. The van der Waals surface area contributed by atoms with Gasteiger partial charge in [0.05, 0.1) is 15.7 Å². The smallest absolute Gasteiger partial charge is 0.0603 e. The van der Waals surface area contributed by atoms with Gasteiger partial charge in [0, 0.05) is 36.0 Å². The number of hydrogen-bond donors (Lipinski definition) is 1. The molecule has 0 radical (unpaired) electrons. The molecule has 1 heterocycles. The van der Waals surface area contributed by atoms with Crippen LogP contribution in [0.3, 0.4) is 0 Å². The lowest BCUT2D eigenvalue weighted by molar-refractivity contribution is 0.587. The maximum Gasteiger partial charge on any atom is 0.0603 e. The van der Waals surface area contributed by atoms with E-state index in [0.29, 0.717) is 10.0 Å². The maximum absolute atomic E-state index is 6.10. The summed E-state index contributed by atoms with van der Waals surface area (Å²) in [6.45, 7) is 4.15. The number of benzene rings is 2. The van der Waals surface area contributed by atoms with Crippen LogP contribution in [0.25, 0.3) is 0 Å². The molecule has 0 saturated carbocycles. The number of nitrogens with zero attached hydrogens (tertiary/aromatic N) is 1. The third kappa shape index (κ3) is 3.67. The van der Waals surface area contributed by atoms with Gasteiger partial charge in [-0.25, -0.2) is 0 Å². The second-order valence-corrected chi connectivity index (χ2v) is 6.81. The minimum absolute atomic E-state index is 0.594. The molecule has 1 N–H and O–H groups in total. The summed E-state index contributed by atoms with van der Waals surface area (Å²) >= 11 is 13.8. The van der Waals surface area contributed by atoms with Crippen molar-refractivity contribution in [3.8, 4) is 0 Å². The van der Waals surface area contributed by atoms with Crippen molar-refractivity contribution < 1.29 is 0 Å². The molecule has 3 rings (SSSR count). The van der Waals surface area contributed by atoms with E-state index in [1.54, 1.807) is 11.8 Å². The highest BCUT2D eigenvalue weighted by atomic mass is 35.5. The molecule has 0 spiro atoms. The van der Waals surface area contributed by atoms with Crippen molar-refractivity contribution in [2.45, 2.75) is 9.79 Å². The number of anilines is 1. The van der Waals surface area contributed by atoms with Crippen LogP contribution in [0.1, 0.15) is 0 Å². The number of hydrogen-bond acceptors (Lipinski definition) is 3. The molecule has 1 aliphatic heterocycles. The van der Waals surface area contributed by atoms with Crippen LogP contribution < -0.4 is 10.2 Å². The number of para-hydroxylation sites is 1. The summed E-state index contributed by atoms with van der Waals surface area (Å²) < 4.78 is 0. The third-order valence-electron chi connectivity index (χ3n) is 3.44. The molecule has 0 aromatic heterocycles. The summed E-state index contributed by atoms with van der Waals surface area (Å²) in [5.74, 6) is 0. The second kappa shape index (κ2) is 6.93. The lowest BCUT2D eigenvalue weighted by Gasteiger charge is -2.31. The van der Waals surface area contributed by atoms with Crippen LogP contribution in [0.15, 0.2) is 52.3 Å². The molecular formula is C16H16Cl2N2S. The molecule has 2 nitrogen and oxygen atoms in total. The third-order valence-corrected chi connectivity index (χ3v) is 5.24. The van der Waals surface area contributed by atoms with E-state index in [4.69, 9.17) is 23.2 Å². The summed E-state index contributed by atoms with van der Waals surface area (Å²) in [4.78, 5) is 4.78. The lowest BCUT2D eigenvalue weighted by atomic mass is 10.2. The molecule has 0 unspecified atom stereocenters. The number of rotatable bonds is 3. The van der Waals surface area contributed by atoms with Crippen LogP contribution in [-0.2, 0) is 0 Å². The Morgan fingerprint density at radius 1 is 0.952 bits per heavy atom. The molecule has 0 aliphatic carbocycles. The van der Waals surface area contributed by atoms with Crippen molar-refractivity contribution in [2.75, 3.05) is 31.1 Å². The van der Waals surface area contributed by atoms with E-state index in [-0.39, 0.29) is 0 Å². The Bertz CT molecular complexity index is 627. The Morgan fingerprint density at radius 2 is 1.71 bits per heavy atom. The van der Waals surface area contributed by atoms with E-state index in [0.717, 1.165) is 31.1 Å². The largest absolute Gasteiger partial charge is 0.368 e. The van der Waals surface area contributed by atoms with Gasteiger partial charge in [0.2, 0.25) is 0 Å². The first-order valence-electron chi connectivity index (χ1n) is 6.91. The molecule has 110 valence electrons. The summed E-state index contributed by atoms with van der Waals surface area (Å²) in [7, 11) is 0. The zero-order chi connectivity index (χ0) is 14.7. The summed E-state index contributed by atoms with van der Waals surface area (Å²) in [5.41, 5.74) is 1.29. The van der Waals surface area contributed by atoms with Crippen LogP contribution in [0.2, 0.25) is 10.0 Å². The van der Waals surface area contributed by atoms with Gasteiger partial charge in [-0.1, -0.05) is 47.1 Å². The number of halogens is 2. The predicted molar refractivity (Wildman–Crippen MR) is 92.1 cm³/mol. The van der Waals surface area contributed by atoms with E-state index in [1.807, 2.05) is 18.2 Å². The molecular weight excluding hydrogens is 323 g/mol. The molecule has 2 aromatic rings. The molecule has 0 atom stereocenters. The molecule has 0 amide bonds. The van der Waals surface area contributed by atoms with Crippen molar-refractivity contribution in [2.24, 2.45) is 0 Å². The molecule has 1 saturated heterocycles. The topological polar surface area (TPSA) is 15.3 Å². The van der Waals surface area contributed by atoms with Gasteiger partial charge in [-0.3, -0.25) is 0 Å². The normalized spacial score (nSPS) is 15.2. The zero-order valence-electron chi connectivity index (χ0n) is 11.5. The Kier molecular flexibility index (Phi) is 4.96. The van der Waals surface area contributed by atoms with Gasteiger partial charge < -0.3 is 10.2 Å². The fourth-order valence-electron chi connectivity index (χ4n) is 2.38. The Labute approximate surface area is 139 Å². The first-order valence-corrected chi connectivity index (χ1v) is 8.49. The number of piperazine rings is 1. The fraction of sp³-hybridized carbons (Fsp3) is 0.250. The number of nitrogens with one attached hydrogen (secondary N) is 1. The fourth-order valence-corrected chi connectivity index (χ4v) is 3.76. The summed E-state index contributed by atoms with van der Waals surface area (Å²) in [5, 5.41) is 4.58. The van der Waals surface area contributed by atoms with Gasteiger partial charge in [-0.05, 0) is 30.3 Å². The molecule has 21 heavy (non-hydrogen) atoms. The van der Waals surface area contributed by atoms with Crippen molar-refractivity contribution >= 4 is 40.7 Å². The van der Waals surface area contributed by atoms with Crippen molar-refractivity contribution in [3.05, 3.63) is 52.5 Å². The quantitative estimate of drug-likeness (QED) is 0.883. The van der Waals surface area contributed by atoms with Crippen LogP contribution in [0.4, 0.5) is 5.69 Å². The Balaban J connectivity index is 1.86. The van der Waals surface area contributed by atoms with Gasteiger partial charge in [0.15, 0.2) is 0 Å². The minimum Gasteiger partial charge on any atom is -0.368 e. The van der Waals surface area contributed by atoms with Gasteiger partial charge in [-0.15, -0.1) is 0 Å². The van der Waals surface area contributed by atoms with E-state index < -0.39 is 0 Å². The van der Waals surface area contributed by atoms with Gasteiger partial charge in [-0.2, -0.15) is 0 Å². The SMILES string of the molecule is Clc1ccc(Sc2ccccc2N2CCNCC2)cc1Cl. The predicted octanol–water partition coefficient (Wildman–Crippen LogP) is 4.55. The first-order chi connectivity index (χ1) is 10.2. The maximum atomic E-state index is 6.10. The van der Waals surface area contributed by atoms with E-state index >= 15 is 0 Å². The molecule has 2 aromatic carbocycles. The highest BCUT2D eigenvalue weighted by Crippen LogP contribution is 2.37. The van der Waals surface area contributed by atoms with Crippen molar-refractivity contribution in [3.63, 3.8) is 0 Å². The van der Waals surface area contributed by atoms with Gasteiger partial charge in [0.25, 0.3) is 0 Å². The molecule has 0 bridgehead atoms. The molecule has 1 fully saturated rings. The first kappa shape index (κ1) is 15.0. The summed E-state index contributed by atoms with van der Waals surface area (Å²) in [6, 6.07) is 14.3. The highest BCUT2D eigenvalue weighted by Gasteiger charge is 2.14.